The van der Waals surface area contributed by atoms with E-state index in [0.29, 0.717) is 32.1 Å². The zero-order valence-electron chi connectivity index (χ0n) is 11.0. The fourth-order valence-electron chi connectivity index (χ4n) is 2.24. The fourth-order valence-corrected chi connectivity index (χ4v) is 3.98. The Morgan fingerprint density at radius 1 is 1.10 bits per heavy atom. The summed E-state index contributed by atoms with van der Waals surface area (Å²) in [5.41, 5.74) is -0.553. The zero-order valence-corrected chi connectivity index (χ0v) is 13.4. The molecule has 1 fully saturated rings. The van der Waals surface area contributed by atoms with Gasteiger partial charge in [-0.25, -0.2) is 0 Å². The molecular weight excluding hydrogens is 381 g/mol. The summed E-state index contributed by atoms with van der Waals surface area (Å²) in [5, 5.41) is 0. The van der Waals surface area contributed by atoms with E-state index in [1.807, 2.05) is 0 Å². The third kappa shape index (κ3) is 4.46. The van der Waals surface area contributed by atoms with Gasteiger partial charge in [0.1, 0.15) is 4.90 Å². The highest BCUT2D eigenvalue weighted by molar-refractivity contribution is 9.10. The van der Waals surface area contributed by atoms with Crippen molar-refractivity contribution < 1.29 is 24.2 Å². The summed E-state index contributed by atoms with van der Waals surface area (Å²) in [6.45, 7) is 1.29. The lowest BCUT2D eigenvalue weighted by molar-refractivity contribution is 0.0692. The van der Waals surface area contributed by atoms with E-state index in [1.54, 1.807) is 0 Å². The number of rotatable bonds is 4. The molecule has 1 heterocycles. The van der Waals surface area contributed by atoms with Gasteiger partial charge in [-0.2, -0.15) is 0 Å². The van der Waals surface area contributed by atoms with E-state index in [2.05, 4.69) is 16.1 Å². The molecule has 0 atom stereocenters. The summed E-state index contributed by atoms with van der Waals surface area (Å²) in [6, 6.07) is 3.74. The molecule has 0 spiro atoms. The molecule has 122 valence electrons. The van der Waals surface area contributed by atoms with Crippen LogP contribution >= 0.6 is 26.4 Å². The van der Waals surface area contributed by atoms with Gasteiger partial charge in [0, 0.05) is 35.9 Å². The minimum Gasteiger partial charge on any atom is -0.381 e. The molecule has 0 aliphatic carbocycles. The molecule has 0 bridgehead atoms. The van der Waals surface area contributed by atoms with Crippen LogP contribution in [0.2, 0.25) is 0 Å². The van der Waals surface area contributed by atoms with Crippen molar-refractivity contribution in [2.75, 3.05) is 23.7 Å². The van der Waals surface area contributed by atoms with Crippen molar-refractivity contribution in [3.8, 4) is 0 Å². The Morgan fingerprint density at radius 2 is 1.67 bits per heavy atom. The standard InChI is InChI=1S/C12H15BrF5NOS/c13-19(9-10-5-7-20-8-6-10)11-3-1-2-4-12(11)21(14,15,16,17)18/h1-4,10H,5-9H2. The maximum atomic E-state index is 13.1. The molecule has 0 aromatic heterocycles. The molecule has 0 N–H and O–H groups in total. The number of benzene rings is 1. The molecule has 1 aromatic rings. The smallest absolute Gasteiger partial charge is 0.312 e. The van der Waals surface area contributed by atoms with Crippen LogP contribution in [0.25, 0.3) is 0 Å². The van der Waals surface area contributed by atoms with Gasteiger partial charge in [0.05, 0.1) is 5.69 Å². The summed E-state index contributed by atoms with van der Waals surface area (Å²) in [7, 11) is -9.72. The minimum absolute atomic E-state index is 0.102. The second-order valence-electron chi connectivity index (χ2n) is 5.04. The normalized spacial score (nSPS) is 20.7. The summed E-state index contributed by atoms with van der Waals surface area (Å²) < 4.78 is 71.6. The highest BCUT2D eigenvalue weighted by atomic mass is 79.9. The van der Waals surface area contributed by atoms with Crippen LogP contribution in [-0.4, -0.2) is 19.8 Å². The topological polar surface area (TPSA) is 12.5 Å². The van der Waals surface area contributed by atoms with E-state index < -0.39 is 20.8 Å². The number of hydrogen-bond donors (Lipinski definition) is 0. The van der Waals surface area contributed by atoms with Crippen molar-refractivity contribution in [3.05, 3.63) is 24.3 Å². The number of anilines is 1. The first kappa shape index (κ1) is 16.8. The summed E-state index contributed by atoms with van der Waals surface area (Å²) in [6.07, 6.45) is 1.39. The highest BCUT2D eigenvalue weighted by Crippen LogP contribution is 3.03. The van der Waals surface area contributed by atoms with E-state index in [4.69, 9.17) is 4.74 Å². The molecule has 0 saturated carbocycles. The third-order valence-corrected chi connectivity index (χ3v) is 5.15. The van der Waals surface area contributed by atoms with Gasteiger partial charge in [0.15, 0.2) is 0 Å². The van der Waals surface area contributed by atoms with E-state index in [0.717, 1.165) is 16.1 Å². The number of halogens is 6. The highest BCUT2D eigenvalue weighted by Gasteiger charge is 2.66. The number of hydrogen-bond acceptors (Lipinski definition) is 2. The Hall–Kier alpha value is -0.540. The molecule has 1 aliphatic heterocycles. The second-order valence-corrected chi connectivity index (χ2v) is 8.27. The van der Waals surface area contributed by atoms with Crippen LogP contribution in [0.15, 0.2) is 29.2 Å². The van der Waals surface area contributed by atoms with E-state index in [9.17, 15) is 19.4 Å². The monoisotopic (exact) mass is 395 g/mol. The van der Waals surface area contributed by atoms with Gasteiger partial charge in [-0.3, -0.25) is 0 Å². The number of para-hydroxylation sites is 1. The maximum absolute atomic E-state index is 13.1. The first-order valence-corrected chi connectivity index (χ1v) is 8.97. The lowest BCUT2D eigenvalue weighted by atomic mass is 10.0. The molecule has 1 aromatic carbocycles. The molecule has 1 saturated heterocycles. The predicted octanol–water partition coefficient (Wildman–Crippen LogP) is 5.89. The van der Waals surface area contributed by atoms with Crippen molar-refractivity contribution in [2.24, 2.45) is 5.92 Å². The first-order valence-electron chi connectivity index (χ1n) is 6.31. The number of ether oxygens (including phenoxy) is 1. The summed E-state index contributed by atoms with van der Waals surface area (Å²) in [4.78, 5) is -1.86. The van der Waals surface area contributed by atoms with Crippen LogP contribution in [0.1, 0.15) is 12.8 Å². The average molecular weight is 396 g/mol. The van der Waals surface area contributed by atoms with Crippen LogP contribution < -0.4 is 3.93 Å². The zero-order chi connectivity index (χ0) is 15.8. The van der Waals surface area contributed by atoms with E-state index in [-0.39, 0.29) is 12.5 Å². The Bertz CT molecular complexity index is 517. The Balaban J connectivity index is 2.28. The first-order chi connectivity index (χ1) is 9.47. The third-order valence-electron chi connectivity index (χ3n) is 3.30. The Labute approximate surface area is 128 Å². The molecule has 21 heavy (non-hydrogen) atoms. The fraction of sp³-hybridized carbons (Fsp3) is 0.500. The van der Waals surface area contributed by atoms with E-state index >= 15 is 0 Å². The van der Waals surface area contributed by atoms with Crippen LogP contribution in [0.5, 0.6) is 0 Å². The van der Waals surface area contributed by atoms with Gasteiger partial charge in [-0.1, -0.05) is 31.6 Å². The van der Waals surface area contributed by atoms with Crippen molar-refractivity contribution in [1.29, 1.82) is 0 Å². The molecule has 9 heteroatoms. The predicted molar refractivity (Wildman–Crippen MR) is 77.7 cm³/mol. The molecule has 2 nitrogen and oxygen atoms in total. The summed E-state index contributed by atoms with van der Waals surface area (Å²) in [5.74, 6) is 0.102. The van der Waals surface area contributed by atoms with Crippen molar-refractivity contribution in [1.82, 2.24) is 0 Å². The van der Waals surface area contributed by atoms with Crippen LogP contribution in [0.4, 0.5) is 25.1 Å². The van der Waals surface area contributed by atoms with Crippen molar-refractivity contribution in [3.63, 3.8) is 0 Å². The minimum atomic E-state index is -9.72. The lowest BCUT2D eigenvalue weighted by Crippen LogP contribution is -2.27. The maximum Gasteiger partial charge on any atom is 0.312 e. The van der Waals surface area contributed by atoms with Crippen LogP contribution in [0.3, 0.4) is 0 Å². The van der Waals surface area contributed by atoms with Gasteiger partial charge in [-0.05, 0) is 30.9 Å². The number of nitrogens with zero attached hydrogens (tertiary/aromatic N) is 1. The van der Waals surface area contributed by atoms with Crippen molar-refractivity contribution >= 4 is 32.1 Å². The molecular formula is C12H15BrF5NOS. The van der Waals surface area contributed by atoms with Crippen LogP contribution in [-0.2, 0) is 4.74 Å². The SMILES string of the molecule is FS(F)(F)(F)(F)c1ccccc1N(Br)CC1CCOCC1. The Kier molecular flexibility index (Phi) is 4.00. The van der Waals surface area contributed by atoms with E-state index in [1.165, 1.54) is 6.07 Å². The van der Waals surface area contributed by atoms with Gasteiger partial charge in [0.25, 0.3) is 0 Å². The summed E-state index contributed by atoms with van der Waals surface area (Å²) >= 11 is 2.99. The van der Waals surface area contributed by atoms with Gasteiger partial charge in [0.2, 0.25) is 0 Å². The van der Waals surface area contributed by atoms with Crippen LogP contribution in [0, 0.1) is 5.92 Å². The van der Waals surface area contributed by atoms with Crippen molar-refractivity contribution in [2.45, 2.75) is 17.7 Å². The average Bonchev–Trinajstić information content (AvgIpc) is 2.37. The quantitative estimate of drug-likeness (QED) is 0.465. The molecule has 0 amide bonds. The molecule has 2 rings (SSSR count). The second kappa shape index (κ2) is 4.99. The molecule has 0 radical (unpaired) electrons. The largest absolute Gasteiger partial charge is 0.381 e. The molecule has 1 aliphatic rings. The van der Waals surface area contributed by atoms with Gasteiger partial charge in [-0.15, -0.1) is 0 Å². The lowest BCUT2D eigenvalue weighted by Gasteiger charge is -2.42. The Morgan fingerprint density at radius 3 is 2.24 bits per heavy atom. The van der Waals surface area contributed by atoms with Gasteiger partial charge < -0.3 is 8.66 Å². The molecule has 0 unspecified atom stereocenters. The van der Waals surface area contributed by atoms with Gasteiger partial charge >= 0.3 is 10.2 Å².